The number of halogens is 1. The van der Waals surface area contributed by atoms with Gasteiger partial charge in [0.25, 0.3) is 0 Å². The van der Waals surface area contributed by atoms with Gasteiger partial charge in [-0.25, -0.2) is 4.39 Å². The van der Waals surface area contributed by atoms with Gasteiger partial charge in [-0.15, -0.1) is 10.2 Å². The average Bonchev–Trinajstić information content (AvgIpc) is 2.80. The zero-order chi connectivity index (χ0) is 21.8. The molecule has 158 valence electrons. The molecule has 0 spiro atoms. The number of nitrogens with one attached hydrogen (secondary N) is 1. The Balaban J connectivity index is 1.42. The van der Waals surface area contributed by atoms with E-state index in [1.807, 2.05) is 12.1 Å². The summed E-state index contributed by atoms with van der Waals surface area (Å²) >= 11 is 0. The molecule has 4 rings (SSSR count). The second-order valence-corrected chi connectivity index (χ2v) is 7.70. The normalized spacial score (nSPS) is 16.1. The number of carbonyl (C=O) groups excluding carboxylic acids is 2. The fourth-order valence-electron chi connectivity index (χ4n) is 3.73. The minimum absolute atomic E-state index is 0.0393. The number of nitrogens with zero attached hydrogens (tertiary/aromatic N) is 3. The van der Waals surface area contributed by atoms with Crippen LogP contribution in [0.4, 0.5) is 15.9 Å². The lowest BCUT2D eigenvalue weighted by atomic mass is 9.97. The maximum Gasteiger partial charge on any atom is 0.229 e. The molecule has 1 aliphatic heterocycles. The lowest BCUT2D eigenvalue weighted by Gasteiger charge is -2.32. The minimum Gasteiger partial charge on any atom is -0.354 e. The van der Waals surface area contributed by atoms with E-state index in [-0.39, 0.29) is 23.4 Å². The van der Waals surface area contributed by atoms with Crippen LogP contribution in [0.5, 0.6) is 0 Å². The van der Waals surface area contributed by atoms with Gasteiger partial charge < -0.3 is 10.2 Å². The monoisotopic (exact) mass is 418 g/mol. The highest BCUT2D eigenvalue weighted by Crippen LogP contribution is 2.24. The van der Waals surface area contributed by atoms with Crippen molar-refractivity contribution in [2.75, 3.05) is 23.3 Å². The van der Waals surface area contributed by atoms with Crippen LogP contribution in [0.25, 0.3) is 11.3 Å². The van der Waals surface area contributed by atoms with E-state index in [2.05, 4.69) is 20.4 Å². The average molecular weight is 418 g/mol. The van der Waals surface area contributed by atoms with E-state index in [0.29, 0.717) is 29.3 Å². The lowest BCUT2D eigenvalue weighted by molar-refractivity contribution is -0.120. The molecule has 1 fully saturated rings. The van der Waals surface area contributed by atoms with Crippen molar-refractivity contribution >= 4 is 23.2 Å². The highest BCUT2D eigenvalue weighted by Gasteiger charge is 2.27. The first-order valence-electron chi connectivity index (χ1n) is 10.3. The van der Waals surface area contributed by atoms with Crippen molar-refractivity contribution in [1.29, 1.82) is 0 Å². The summed E-state index contributed by atoms with van der Waals surface area (Å²) in [6, 6.07) is 16.8. The van der Waals surface area contributed by atoms with Gasteiger partial charge in [-0.2, -0.15) is 0 Å². The van der Waals surface area contributed by atoms with Crippen LogP contribution < -0.4 is 10.2 Å². The second-order valence-electron chi connectivity index (χ2n) is 7.70. The highest BCUT2D eigenvalue weighted by molar-refractivity contribution is 5.97. The molecule has 0 aliphatic carbocycles. The minimum atomic E-state index is -0.293. The van der Waals surface area contributed by atoms with Gasteiger partial charge >= 0.3 is 0 Å². The zero-order valence-corrected chi connectivity index (χ0v) is 17.2. The van der Waals surface area contributed by atoms with Crippen molar-refractivity contribution in [2.45, 2.75) is 19.8 Å². The molecular formula is C24H23FN4O2. The van der Waals surface area contributed by atoms with Crippen LogP contribution in [-0.4, -0.2) is 35.0 Å². The predicted molar refractivity (Wildman–Crippen MR) is 117 cm³/mol. The van der Waals surface area contributed by atoms with Crippen LogP contribution >= 0.6 is 0 Å². The van der Waals surface area contributed by atoms with Crippen molar-refractivity contribution in [1.82, 2.24) is 10.2 Å². The van der Waals surface area contributed by atoms with Crippen LogP contribution in [0.1, 0.15) is 30.1 Å². The summed E-state index contributed by atoms with van der Waals surface area (Å²) in [6.45, 7) is 2.85. The number of hydrogen-bond acceptors (Lipinski definition) is 5. The first kappa shape index (κ1) is 20.7. The Labute approximate surface area is 180 Å². The van der Waals surface area contributed by atoms with Crippen LogP contribution in [0, 0.1) is 11.7 Å². The van der Waals surface area contributed by atoms with Gasteiger partial charge in [0.2, 0.25) is 5.91 Å². The van der Waals surface area contributed by atoms with Crippen LogP contribution in [0.15, 0.2) is 60.7 Å². The van der Waals surface area contributed by atoms with Crippen molar-refractivity contribution in [3.63, 3.8) is 0 Å². The van der Waals surface area contributed by atoms with Crippen LogP contribution in [-0.2, 0) is 4.79 Å². The van der Waals surface area contributed by atoms with E-state index in [0.717, 1.165) is 24.9 Å². The lowest BCUT2D eigenvalue weighted by Crippen LogP contribution is -2.41. The van der Waals surface area contributed by atoms with E-state index >= 15 is 0 Å². The van der Waals surface area contributed by atoms with Gasteiger partial charge in [0, 0.05) is 29.9 Å². The van der Waals surface area contributed by atoms with Crippen LogP contribution in [0.3, 0.4) is 0 Å². The van der Waals surface area contributed by atoms with Gasteiger partial charge in [0.05, 0.1) is 11.6 Å². The Hall–Kier alpha value is -3.61. The molecule has 1 atom stereocenters. The quantitative estimate of drug-likeness (QED) is 0.624. The fourth-order valence-corrected chi connectivity index (χ4v) is 3.73. The molecule has 1 N–H and O–H groups in total. The SMILES string of the molecule is CC(=O)c1cccc(NC(=O)C2CCCN(c3ccc(-c4ccc(F)cc4)nn3)C2)c1. The van der Waals surface area contributed by atoms with Gasteiger partial charge in [-0.05, 0) is 68.3 Å². The topological polar surface area (TPSA) is 75.2 Å². The van der Waals surface area contributed by atoms with Crippen molar-refractivity contribution in [3.05, 3.63) is 72.0 Å². The number of rotatable bonds is 5. The predicted octanol–water partition coefficient (Wildman–Crippen LogP) is 4.34. The summed E-state index contributed by atoms with van der Waals surface area (Å²) in [5.74, 6) is 0.123. The van der Waals surface area contributed by atoms with Crippen molar-refractivity contribution in [2.24, 2.45) is 5.92 Å². The van der Waals surface area contributed by atoms with E-state index in [4.69, 9.17) is 0 Å². The smallest absolute Gasteiger partial charge is 0.229 e. The number of hydrogen-bond donors (Lipinski definition) is 1. The van der Waals surface area contributed by atoms with E-state index in [1.165, 1.54) is 19.1 Å². The molecule has 6 nitrogen and oxygen atoms in total. The largest absolute Gasteiger partial charge is 0.354 e. The summed E-state index contributed by atoms with van der Waals surface area (Å²) < 4.78 is 13.1. The van der Waals surface area contributed by atoms with E-state index in [1.54, 1.807) is 36.4 Å². The van der Waals surface area contributed by atoms with Crippen molar-refractivity contribution < 1.29 is 14.0 Å². The summed E-state index contributed by atoms with van der Waals surface area (Å²) in [6.07, 6.45) is 1.66. The summed E-state index contributed by atoms with van der Waals surface area (Å²) in [7, 11) is 0. The Morgan fingerprint density at radius 3 is 2.58 bits per heavy atom. The number of benzene rings is 2. The molecule has 1 unspecified atom stereocenters. The summed E-state index contributed by atoms with van der Waals surface area (Å²) in [5.41, 5.74) is 2.66. The third-order valence-electron chi connectivity index (χ3n) is 5.44. The third kappa shape index (κ3) is 4.94. The third-order valence-corrected chi connectivity index (χ3v) is 5.44. The second kappa shape index (κ2) is 9.04. The first-order chi connectivity index (χ1) is 15.0. The maximum atomic E-state index is 13.1. The number of amides is 1. The Bertz CT molecular complexity index is 1080. The molecule has 3 aromatic rings. The standard InChI is InChI=1S/C24H23FN4O2/c1-16(30)18-4-2-6-21(14-18)26-24(31)19-5-3-13-29(15-19)23-12-11-22(27-28-23)17-7-9-20(25)10-8-17/h2,4,6-12,14,19H,3,5,13,15H2,1H3,(H,26,31). The number of carbonyl (C=O) groups is 2. The number of anilines is 2. The molecule has 1 saturated heterocycles. The molecule has 0 radical (unpaired) electrons. The number of piperidine rings is 1. The maximum absolute atomic E-state index is 13.1. The molecule has 0 bridgehead atoms. The van der Waals surface area contributed by atoms with Gasteiger partial charge in [0.15, 0.2) is 11.6 Å². The molecule has 1 aromatic heterocycles. The van der Waals surface area contributed by atoms with Gasteiger partial charge in [-0.1, -0.05) is 12.1 Å². The Morgan fingerprint density at radius 1 is 1.06 bits per heavy atom. The fraction of sp³-hybridized carbons (Fsp3) is 0.250. The molecule has 1 amide bonds. The first-order valence-corrected chi connectivity index (χ1v) is 10.3. The Morgan fingerprint density at radius 2 is 1.87 bits per heavy atom. The molecular weight excluding hydrogens is 395 g/mol. The van der Waals surface area contributed by atoms with E-state index in [9.17, 15) is 14.0 Å². The molecule has 2 aromatic carbocycles. The molecule has 7 heteroatoms. The summed E-state index contributed by atoms with van der Waals surface area (Å²) in [4.78, 5) is 26.4. The van der Waals surface area contributed by atoms with E-state index < -0.39 is 0 Å². The zero-order valence-electron chi connectivity index (χ0n) is 17.2. The number of Topliss-reactive ketones (excluding diaryl/α,β-unsaturated/α-hetero) is 1. The molecule has 31 heavy (non-hydrogen) atoms. The molecule has 0 saturated carbocycles. The Kier molecular flexibility index (Phi) is 6.02. The molecule has 1 aliphatic rings. The van der Waals surface area contributed by atoms with Gasteiger partial charge in [-0.3, -0.25) is 9.59 Å². The highest BCUT2D eigenvalue weighted by atomic mass is 19.1. The van der Waals surface area contributed by atoms with Crippen LogP contribution in [0.2, 0.25) is 0 Å². The van der Waals surface area contributed by atoms with Gasteiger partial charge in [0.1, 0.15) is 5.82 Å². The number of ketones is 1. The molecule has 2 heterocycles. The summed E-state index contributed by atoms with van der Waals surface area (Å²) in [5, 5.41) is 11.5. The van der Waals surface area contributed by atoms with Crippen molar-refractivity contribution in [3.8, 4) is 11.3 Å². The number of aromatic nitrogens is 2.